The lowest BCUT2D eigenvalue weighted by Crippen LogP contribution is -2.20. The summed E-state index contributed by atoms with van der Waals surface area (Å²) in [6, 6.07) is 8.71. The van der Waals surface area contributed by atoms with Crippen LogP contribution in [0.15, 0.2) is 28.7 Å². The van der Waals surface area contributed by atoms with E-state index in [1.807, 2.05) is 0 Å². The van der Waals surface area contributed by atoms with Gasteiger partial charge in [-0.25, -0.2) is 0 Å². The standard InChI is InChI=1S/C14H20BrN/c15-13-9-7-12(8-10-13)14(16)11-5-3-1-2-4-6-11/h7-11,14H,1-6,16H2. The van der Waals surface area contributed by atoms with Crippen LogP contribution in [0.2, 0.25) is 0 Å². The normalized spacial score (nSPS) is 20.4. The molecule has 2 rings (SSSR count). The molecule has 0 heterocycles. The summed E-state index contributed by atoms with van der Waals surface area (Å²) in [6.07, 6.45) is 8.10. The highest BCUT2D eigenvalue weighted by molar-refractivity contribution is 9.10. The predicted octanol–water partition coefficient (Wildman–Crippen LogP) is 4.42. The molecule has 0 spiro atoms. The minimum absolute atomic E-state index is 0.228. The zero-order valence-electron chi connectivity index (χ0n) is 9.66. The molecular weight excluding hydrogens is 262 g/mol. The zero-order chi connectivity index (χ0) is 11.4. The number of hydrogen-bond acceptors (Lipinski definition) is 1. The first-order chi connectivity index (χ1) is 7.77. The molecule has 1 atom stereocenters. The summed E-state index contributed by atoms with van der Waals surface area (Å²) in [7, 11) is 0. The summed E-state index contributed by atoms with van der Waals surface area (Å²) in [4.78, 5) is 0. The average molecular weight is 282 g/mol. The van der Waals surface area contributed by atoms with Gasteiger partial charge < -0.3 is 5.73 Å². The molecule has 1 aliphatic rings. The van der Waals surface area contributed by atoms with E-state index in [0.29, 0.717) is 5.92 Å². The van der Waals surface area contributed by atoms with E-state index in [2.05, 4.69) is 40.2 Å². The molecule has 0 radical (unpaired) electrons. The lowest BCUT2D eigenvalue weighted by Gasteiger charge is -2.22. The van der Waals surface area contributed by atoms with Gasteiger partial charge in [0.2, 0.25) is 0 Å². The highest BCUT2D eigenvalue weighted by atomic mass is 79.9. The maximum absolute atomic E-state index is 6.37. The van der Waals surface area contributed by atoms with Crippen LogP contribution in [-0.4, -0.2) is 0 Å². The lowest BCUT2D eigenvalue weighted by atomic mass is 9.88. The third-order valence-electron chi connectivity index (χ3n) is 3.66. The fourth-order valence-electron chi connectivity index (χ4n) is 2.63. The van der Waals surface area contributed by atoms with E-state index in [1.165, 1.54) is 44.1 Å². The molecule has 0 aromatic heterocycles. The van der Waals surface area contributed by atoms with Crippen LogP contribution < -0.4 is 5.73 Å². The SMILES string of the molecule is NC(c1ccc(Br)cc1)C1CCCCCC1. The third-order valence-corrected chi connectivity index (χ3v) is 4.19. The van der Waals surface area contributed by atoms with Crippen molar-refractivity contribution in [2.75, 3.05) is 0 Å². The molecule has 1 aliphatic carbocycles. The molecular formula is C14H20BrN. The quantitative estimate of drug-likeness (QED) is 0.798. The Balaban J connectivity index is 2.04. The van der Waals surface area contributed by atoms with Gasteiger partial charge in [0.25, 0.3) is 0 Å². The molecule has 0 aliphatic heterocycles. The van der Waals surface area contributed by atoms with E-state index >= 15 is 0 Å². The predicted molar refractivity (Wildman–Crippen MR) is 72.3 cm³/mol. The third kappa shape index (κ3) is 3.08. The van der Waals surface area contributed by atoms with Crippen LogP contribution in [0, 0.1) is 5.92 Å². The number of halogens is 1. The van der Waals surface area contributed by atoms with Crippen molar-refractivity contribution >= 4 is 15.9 Å². The molecule has 2 heteroatoms. The van der Waals surface area contributed by atoms with Crippen molar-refractivity contribution < 1.29 is 0 Å². The van der Waals surface area contributed by atoms with Crippen molar-refractivity contribution in [2.24, 2.45) is 11.7 Å². The zero-order valence-corrected chi connectivity index (χ0v) is 11.2. The van der Waals surface area contributed by atoms with Crippen molar-refractivity contribution in [2.45, 2.75) is 44.6 Å². The van der Waals surface area contributed by atoms with Crippen LogP contribution >= 0.6 is 15.9 Å². The van der Waals surface area contributed by atoms with Gasteiger partial charge in [0.05, 0.1) is 0 Å². The maximum Gasteiger partial charge on any atom is 0.0323 e. The van der Waals surface area contributed by atoms with Gasteiger partial charge in [0, 0.05) is 10.5 Å². The Hall–Kier alpha value is -0.340. The van der Waals surface area contributed by atoms with Gasteiger partial charge in [-0.1, -0.05) is 53.7 Å². The average Bonchev–Trinajstić information content (AvgIpc) is 2.57. The Kier molecular flexibility index (Phi) is 4.42. The summed E-state index contributed by atoms with van der Waals surface area (Å²) in [5, 5.41) is 0. The first-order valence-electron chi connectivity index (χ1n) is 6.28. The Labute approximate surface area is 107 Å². The Bertz CT molecular complexity index is 312. The summed E-state index contributed by atoms with van der Waals surface area (Å²) in [5.41, 5.74) is 7.66. The molecule has 16 heavy (non-hydrogen) atoms. The molecule has 0 amide bonds. The van der Waals surface area contributed by atoms with Crippen molar-refractivity contribution in [1.29, 1.82) is 0 Å². The van der Waals surface area contributed by atoms with Gasteiger partial charge in [0.15, 0.2) is 0 Å². The summed E-state index contributed by atoms with van der Waals surface area (Å²) >= 11 is 3.46. The highest BCUT2D eigenvalue weighted by Crippen LogP contribution is 2.32. The first-order valence-corrected chi connectivity index (χ1v) is 7.08. The lowest BCUT2D eigenvalue weighted by molar-refractivity contribution is 0.382. The molecule has 88 valence electrons. The van der Waals surface area contributed by atoms with Crippen LogP contribution in [0.25, 0.3) is 0 Å². The molecule has 1 saturated carbocycles. The van der Waals surface area contributed by atoms with Gasteiger partial charge >= 0.3 is 0 Å². The Morgan fingerprint density at radius 2 is 1.56 bits per heavy atom. The molecule has 0 bridgehead atoms. The van der Waals surface area contributed by atoms with Crippen molar-refractivity contribution in [3.63, 3.8) is 0 Å². The molecule has 2 N–H and O–H groups in total. The topological polar surface area (TPSA) is 26.0 Å². The molecule has 0 saturated heterocycles. The first kappa shape index (κ1) is 12.1. The van der Waals surface area contributed by atoms with Crippen LogP contribution in [0.3, 0.4) is 0 Å². The van der Waals surface area contributed by atoms with Crippen molar-refractivity contribution in [1.82, 2.24) is 0 Å². The second kappa shape index (κ2) is 5.83. The molecule has 1 aromatic carbocycles. The van der Waals surface area contributed by atoms with E-state index in [9.17, 15) is 0 Å². The van der Waals surface area contributed by atoms with E-state index in [4.69, 9.17) is 5.73 Å². The van der Waals surface area contributed by atoms with Crippen LogP contribution in [0.1, 0.15) is 50.1 Å². The van der Waals surface area contributed by atoms with Gasteiger partial charge in [-0.2, -0.15) is 0 Å². The van der Waals surface area contributed by atoms with Crippen LogP contribution in [0.4, 0.5) is 0 Å². The molecule has 1 aromatic rings. The van der Waals surface area contributed by atoms with Gasteiger partial charge in [0.1, 0.15) is 0 Å². The van der Waals surface area contributed by atoms with Gasteiger partial charge in [-0.15, -0.1) is 0 Å². The van der Waals surface area contributed by atoms with E-state index in [1.54, 1.807) is 0 Å². The molecule has 1 nitrogen and oxygen atoms in total. The van der Waals surface area contributed by atoms with Crippen molar-refractivity contribution in [3.8, 4) is 0 Å². The number of rotatable bonds is 2. The molecule has 1 unspecified atom stereocenters. The van der Waals surface area contributed by atoms with E-state index < -0.39 is 0 Å². The maximum atomic E-state index is 6.37. The molecule has 1 fully saturated rings. The highest BCUT2D eigenvalue weighted by Gasteiger charge is 2.20. The van der Waals surface area contributed by atoms with Gasteiger partial charge in [-0.05, 0) is 36.5 Å². The fourth-order valence-corrected chi connectivity index (χ4v) is 2.89. The van der Waals surface area contributed by atoms with Gasteiger partial charge in [-0.3, -0.25) is 0 Å². The summed E-state index contributed by atoms with van der Waals surface area (Å²) in [5.74, 6) is 0.684. The minimum atomic E-state index is 0.228. The minimum Gasteiger partial charge on any atom is -0.324 e. The summed E-state index contributed by atoms with van der Waals surface area (Å²) in [6.45, 7) is 0. The second-order valence-electron chi connectivity index (χ2n) is 4.83. The number of hydrogen-bond donors (Lipinski definition) is 1. The van der Waals surface area contributed by atoms with Crippen molar-refractivity contribution in [3.05, 3.63) is 34.3 Å². The largest absolute Gasteiger partial charge is 0.324 e. The second-order valence-corrected chi connectivity index (χ2v) is 5.74. The smallest absolute Gasteiger partial charge is 0.0323 e. The van der Waals surface area contributed by atoms with E-state index in [-0.39, 0.29) is 6.04 Å². The Morgan fingerprint density at radius 1 is 1.00 bits per heavy atom. The number of nitrogens with two attached hydrogens (primary N) is 1. The summed E-state index contributed by atoms with van der Waals surface area (Å²) < 4.78 is 1.13. The fraction of sp³-hybridized carbons (Fsp3) is 0.571. The Morgan fingerprint density at radius 3 is 2.12 bits per heavy atom. The van der Waals surface area contributed by atoms with Crippen LogP contribution in [-0.2, 0) is 0 Å². The van der Waals surface area contributed by atoms with Crippen LogP contribution in [0.5, 0.6) is 0 Å². The monoisotopic (exact) mass is 281 g/mol. The number of benzene rings is 1. The van der Waals surface area contributed by atoms with E-state index in [0.717, 1.165) is 4.47 Å².